The van der Waals surface area contributed by atoms with Crippen LogP contribution in [0, 0.1) is 13.8 Å². The summed E-state index contributed by atoms with van der Waals surface area (Å²) in [5.41, 5.74) is 2.94. The topological polar surface area (TPSA) is 86.8 Å². The lowest BCUT2D eigenvalue weighted by Crippen LogP contribution is -2.51. The highest BCUT2D eigenvalue weighted by molar-refractivity contribution is 7.92. The number of carbonyl (C=O) groups excluding carboxylic acids is 2. The van der Waals surface area contributed by atoms with E-state index in [-0.39, 0.29) is 17.3 Å². The maximum Gasteiger partial charge on any atom is 0.264 e. The summed E-state index contributed by atoms with van der Waals surface area (Å²) in [6.07, 6.45) is 0.765. The quantitative estimate of drug-likeness (QED) is 0.404. The van der Waals surface area contributed by atoms with Gasteiger partial charge in [0, 0.05) is 13.1 Å². The van der Waals surface area contributed by atoms with Gasteiger partial charge in [-0.3, -0.25) is 13.9 Å². The Morgan fingerprint density at radius 1 is 0.892 bits per heavy atom. The van der Waals surface area contributed by atoms with Gasteiger partial charge in [0.05, 0.1) is 10.6 Å². The zero-order chi connectivity index (χ0) is 27.0. The molecule has 0 saturated carbocycles. The van der Waals surface area contributed by atoms with E-state index in [2.05, 4.69) is 5.32 Å². The van der Waals surface area contributed by atoms with Gasteiger partial charge in [-0.05, 0) is 62.1 Å². The summed E-state index contributed by atoms with van der Waals surface area (Å²) < 4.78 is 28.8. The maximum absolute atomic E-state index is 13.9. The number of nitrogens with one attached hydrogen (secondary N) is 1. The number of carbonyl (C=O) groups is 2. The molecule has 0 aromatic heterocycles. The van der Waals surface area contributed by atoms with Crippen LogP contribution in [-0.2, 0) is 26.2 Å². The standard InChI is InChI=1S/C29H35N3O4S/c1-5-19-30-29(34)24(4)31(20-25-14-8-6-9-15-25)28(33)21-32(27-18-12-13-22(2)23(27)3)37(35,36)26-16-10-7-11-17-26/h6-18,24H,5,19-21H2,1-4H3,(H,30,34). The van der Waals surface area contributed by atoms with Crippen LogP contribution in [0.25, 0.3) is 0 Å². The lowest BCUT2D eigenvalue weighted by atomic mass is 10.1. The van der Waals surface area contributed by atoms with E-state index in [0.717, 1.165) is 27.4 Å². The molecule has 1 atom stereocenters. The summed E-state index contributed by atoms with van der Waals surface area (Å²) in [7, 11) is -4.07. The summed E-state index contributed by atoms with van der Waals surface area (Å²) in [6.45, 7) is 7.58. The van der Waals surface area contributed by atoms with Gasteiger partial charge in [-0.25, -0.2) is 8.42 Å². The predicted molar refractivity (Wildman–Crippen MR) is 147 cm³/mol. The molecule has 8 heteroatoms. The van der Waals surface area contributed by atoms with Crippen molar-refractivity contribution in [2.75, 3.05) is 17.4 Å². The minimum absolute atomic E-state index is 0.0899. The van der Waals surface area contributed by atoms with Crippen LogP contribution in [0.1, 0.15) is 37.0 Å². The van der Waals surface area contributed by atoms with E-state index >= 15 is 0 Å². The Kier molecular flexibility index (Phi) is 9.47. The number of sulfonamides is 1. The van der Waals surface area contributed by atoms with Crippen LogP contribution in [-0.4, -0.2) is 44.3 Å². The molecular weight excluding hydrogens is 486 g/mol. The number of hydrogen-bond donors (Lipinski definition) is 1. The molecule has 1 unspecified atom stereocenters. The number of nitrogens with zero attached hydrogens (tertiary/aromatic N) is 2. The molecule has 2 amide bonds. The fraction of sp³-hybridized carbons (Fsp3) is 0.310. The Morgan fingerprint density at radius 2 is 1.51 bits per heavy atom. The van der Waals surface area contributed by atoms with Gasteiger partial charge in [0.25, 0.3) is 10.0 Å². The summed E-state index contributed by atoms with van der Waals surface area (Å²) in [5, 5.41) is 2.85. The first-order chi connectivity index (χ1) is 17.7. The van der Waals surface area contributed by atoms with Crippen LogP contribution < -0.4 is 9.62 Å². The summed E-state index contributed by atoms with van der Waals surface area (Å²) in [4.78, 5) is 28.3. The first-order valence-electron chi connectivity index (χ1n) is 12.4. The number of hydrogen-bond acceptors (Lipinski definition) is 4. The molecule has 0 saturated heterocycles. The van der Waals surface area contributed by atoms with E-state index in [1.165, 1.54) is 17.0 Å². The lowest BCUT2D eigenvalue weighted by molar-refractivity contribution is -0.139. The molecular formula is C29H35N3O4S. The van der Waals surface area contributed by atoms with Crippen LogP contribution in [0.3, 0.4) is 0 Å². The number of aryl methyl sites for hydroxylation is 1. The average Bonchev–Trinajstić information content (AvgIpc) is 2.91. The molecule has 3 aromatic rings. The van der Waals surface area contributed by atoms with Crippen molar-refractivity contribution in [2.45, 2.75) is 51.6 Å². The van der Waals surface area contributed by atoms with Gasteiger partial charge in [0.15, 0.2) is 0 Å². The summed E-state index contributed by atoms with van der Waals surface area (Å²) in [5.74, 6) is -0.751. The number of anilines is 1. The zero-order valence-electron chi connectivity index (χ0n) is 21.8. The lowest BCUT2D eigenvalue weighted by Gasteiger charge is -2.32. The number of benzene rings is 3. The van der Waals surface area contributed by atoms with Crippen molar-refractivity contribution in [2.24, 2.45) is 0 Å². The van der Waals surface area contributed by atoms with Gasteiger partial charge in [0.1, 0.15) is 12.6 Å². The molecule has 3 rings (SSSR count). The van der Waals surface area contributed by atoms with Gasteiger partial charge >= 0.3 is 0 Å². The Labute approximate surface area is 220 Å². The second-order valence-electron chi connectivity index (χ2n) is 9.02. The van der Waals surface area contributed by atoms with E-state index in [4.69, 9.17) is 0 Å². The Morgan fingerprint density at radius 3 is 2.14 bits per heavy atom. The molecule has 0 fully saturated rings. The third-order valence-corrected chi connectivity index (χ3v) is 8.14. The van der Waals surface area contributed by atoms with E-state index in [1.807, 2.05) is 57.2 Å². The molecule has 0 bridgehead atoms. The smallest absolute Gasteiger partial charge is 0.264 e. The van der Waals surface area contributed by atoms with E-state index in [9.17, 15) is 18.0 Å². The summed E-state index contributed by atoms with van der Waals surface area (Å²) in [6, 6.07) is 22.0. The fourth-order valence-corrected chi connectivity index (χ4v) is 5.49. The second kappa shape index (κ2) is 12.5. The molecule has 196 valence electrons. The van der Waals surface area contributed by atoms with Crippen LogP contribution >= 0.6 is 0 Å². The Hall–Kier alpha value is -3.65. The fourth-order valence-electron chi connectivity index (χ4n) is 4.00. The predicted octanol–water partition coefficient (Wildman–Crippen LogP) is 4.44. The second-order valence-corrected chi connectivity index (χ2v) is 10.9. The maximum atomic E-state index is 13.9. The third-order valence-electron chi connectivity index (χ3n) is 6.37. The molecule has 7 nitrogen and oxygen atoms in total. The van der Waals surface area contributed by atoms with E-state index in [0.29, 0.717) is 12.2 Å². The van der Waals surface area contributed by atoms with Crippen molar-refractivity contribution in [3.8, 4) is 0 Å². The van der Waals surface area contributed by atoms with Crippen molar-refractivity contribution in [3.63, 3.8) is 0 Å². The van der Waals surface area contributed by atoms with Gasteiger partial charge in [-0.15, -0.1) is 0 Å². The van der Waals surface area contributed by atoms with Gasteiger partial charge in [-0.2, -0.15) is 0 Å². The highest BCUT2D eigenvalue weighted by Gasteiger charge is 2.33. The van der Waals surface area contributed by atoms with Crippen molar-refractivity contribution < 1.29 is 18.0 Å². The molecule has 0 aliphatic carbocycles. The van der Waals surface area contributed by atoms with Crippen LogP contribution in [0.4, 0.5) is 5.69 Å². The molecule has 0 aliphatic heterocycles. The highest BCUT2D eigenvalue weighted by atomic mass is 32.2. The third kappa shape index (κ3) is 6.77. The Bertz CT molecular complexity index is 1310. The highest BCUT2D eigenvalue weighted by Crippen LogP contribution is 2.29. The molecule has 1 N–H and O–H groups in total. The number of rotatable bonds is 11. The van der Waals surface area contributed by atoms with Crippen molar-refractivity contribution in [3.05, 3.63) is 95.6 Å². The largest absolute Gasteiger partial charge is 0.354 e. The van der Waals surface area contributed by atoms with Crippen molar-refractivity contribution in [1.82, 2.24) is 10.2 Å². The monoisotopic (exact) mass is 521 g/mol. The first-order valence-corrected chi connectivity index (χ1v) is 13.9. The minimum atomic E-state index is -4.07. The average molecular weight is 522 g/mol. The van der Waals surface area contributed by atoms with Crippen LogP contribution in [0.5, 0.6) is 0 Å². The first kappa shape index (κ1) is 27.9. The normalized spacial score (nSPS) is 12.0. The Balaban J connectivity index is 2.04. The molecule has 0 aliphatic rings. The minimum Gasteiger partial charge on any atom is -0.354 e. The van der Waals surface area contributed by atoms with Gasteiger partial charge in [-0.1, -0.05) is 67.6 Å². The van der Waals surface area contributed by atoms with Crippen LogP contribution in [0.2, 0.25) is 0 Å². The molecule has 0 radical (unpaired) electrons. The van der Waals surface area contributed by atoms with Crippen molar-refractivity contribution >= 4 is 27.5 Å². The SMILES string of the molecule is CCCNC(=O)C(C)N(Cc1ccccc1)C(=O)CN(c1cccc(C)c1C)S(=O)(=O)c1ccccc1. The molecule has 3 aromatic carbocycles. The van der Waals surface area contributed by atoms with E-state index in [1.54, 1.807) is 37.3 Å². The molecule has 37 heavy (non-hydrogen) atoms. The van der Waals surface area contributed by atoms with Crippen molar-refractivity contribution in [1.29, 1.82) is 0 Å². The molecule has 0 heterocycles. The molecule has 0 spiro atoms. The summed E-state index contributed by atoms with van der Waals surface area (Å²) >= 11 is 0. The number of amides is 2. The van der Waals surface area contributed by atoms with E-state index < -0.39 is 28.5 Å². The van der Waals surface area contributed by atoms with Crippen LogP contribution in [0.15, 0.2) is 83.8 Å². The van der Waals surface area contributed by atoms with Gasteiger partial charge in [0.2, 0.25) is 11.8 Å². The van der Waals surface area contributed by atoms with Gasteiger partial charge < -0.3 is 10.2 Å². The zero-order valence-corrected chi connectivity index (χ0v) is 22.7.